The molecule has 0 saturated carbocycles. The summed E-state index contributed by atoms with van der Waals surface area (Å²) in [7, 11) is 0. The van der Waals surface area contributed by atoms with Crippen LogP contribution in [0.4, 0.5) is 13.2 Å². The third-order valence-corrected chi connectivity index (χ3v) is 4.55. The van der Waals surface area contributed by atoms with E-state index in [2.05, 4.69) is 10.3 Å². The van der Waals surface area contributed by atoms with Crippen LogP contribution in [0.2, 0.25) is 0 Å². The number of ether oxygens (including phenoxy) is 1. The van der Waals surface area contributed by atoms with Crippen LogP contribution in [0.15, 0.2) is 18.5 Å². The lowest BCUT2D eigenvalue weighted by Gasteiger charge is -2.23. The van der Waals surface area contributed by atoms with Gasteiger partial charge in [0.1, 0.15) is 6.04 Å². The Labute approximate surface area is 143 Å². The lowest BCUT2D eigenvalue weighted by atomic mass is 10.1. The molecule has 1 N–H and O–H groups in total. The summed E-state index contributed by atoms with van der Waals surface area (Å²) in [5, 5.41) is 3.31. The Bertz CT molecular complexity index is 779. The summed E-state index contributed by atoms with van der Waals surface area (Å²) < 4.78 is 45.9. The fourth-order valence-corrected chi connectivity index (χ4v) is 3.01. The second-order valence-electron chi connectivity index (χ2n) is 6.37. The number of aryl methyl sites for hydroxylation is 1. The maximum absolute atomic E-state index is 13.2. The Hall–Kier alpha value is -2.09. The molecule has 2 aromatic rings. The van der Waals surface area contributed by atoms with Gasteiger partial charge in [-0.05, 0) is 32.8 Å². The van der Waals surface area contributed by atoms with Crippen molar-refractivity contribution >= 4 is 16.8 Å². The minimum atomic E-state index is -4.41. The van der Waals surface area contributed by atoms with E-state index in [9.17, 15) is 18.0 Å². The first-order valence-corrected chi connectivity index (χ1v) is 8.20. The van der Waals surface area contributed by atoms with Gasteiger partial charge < -0.3 is 14.6 Å². The molecule has 2 aromatic heterocycles. The Morgan fingerprint density at radius 1 is 1.40 bits per heavy atom. The van der Waals surface area contributed by atoms with E-state index in [1.165, 1.54) is 12.4 Å². The summed E-state index contributed by atoms with van der Waals surface area (Å²) >= 11 is 0. The highest BCUT2D eigenvalue weighted by Crippen LogP contribution is 2.34. The van der Waals surface area contributed by atoms with Crippen LogP contribution in [0.5, 0.6) is 0 Å². The quantitative estimate of drug-likeness (QED) is 0.918. The normalized spacial score (nSPS) is 17.6. The lowest BCUT2D eigenvalue weighted by molar-refractivity contribution is -0.162. The first-order valence-electron chi connectivity index (χ1n) is 8.20. The Kier molecular flexibility index (Phi) is 4.73. The summed E-state index contributed by atoms with van der Waals surface area (Å²) in [5.74, 6) is -0.379. The molecule has 136 valence electrons. The molecule has 1 aliphatic heterocycles. The fraction of sp³-hybridized carbons (Fsp3) is 0.529. The largest absolute Gasteiger partial charge is 0.408 e. The van der Waals surface area contributed by atoms with Crippen molar-refractivity contribution in [3.05, 3.63) is 29.7 Å². The number of nitrogens with one attached hydrogen (secondary N) is 1. The molecule has 1 fully saturated rings. The summed E-state index contributed by atoms with van der Waals surface area (Å²) in [5.41, 5.74) is 1.16. The van der Waals surface area contributed by atoms with Crippen LogP contribution < -0.4 is 5.32 Å². The Morgan fingerprint density at radius 2 is 2.08 bits per heavy atom. The van der Waals surface area contributed by atoms with Crippen LogP contribution in [0.3, 0.4) is 0 Å². The van der Waals surface area contributed by atoms with Crippen molar-refractivity contribution in [1.29, 1.82) is 0 Å². The van der Waals surface area contributed by atoms with Gasteiger partial charge in [0, 0.05) is 42.7 Å². The Morgan fingerprint density at radius 3 is 2.72 bits per heavy atom. The van der Waals surface area contributed by atoms with Gasteiger partial charge in [-0.2, -0.15) is 13.2 Å². The van der Waals surface area contributed by atoms with Crippen molar-refractivity contribution in [3.63, 3.8) is 0 Å². The van der Waals surface area contributed by atoms with Crippen molar-refractivity contribution in [3.8, 4) is 0 Å². The number of pyridine rings is 1. The molecule has 1 saturated heterocycles. The molecule has 1 unspecified atom stereocenters. The van der Waals surface area contributed by atoms with Crippen LogP contribution in [0.25, 0.3) is 10.9 Å². The number of amides is 1. The van der Waals surface area contributed by atoms with E-state index in [0.717, 1.165) is 11.5 Å². The molecule has 3 heterocycles. The molecule has 5 nitrogen and oxygen atoms in total. The molecule has 0 aromatic carbocycles. The number of rotatable bonds is 3. The molecule has 0 bridgehead atoms. The van der Waals surface area contributed by atoms with Crippen molar-refractivity contribution < 1.29 is 22.7 Å². The molecule has 0 spiro atoms. The van der Waals surface area contributed by atoms with Crippen LogP contribution >= 0.6 is 0 Å². The molecule has 1 amide bonds. The van der Waals surface area contributed by atoms with Gasteiger partial charge in [0.2, 0.25) is 0 Å². The smallest absolute Gasteiger partial charge is 0.381 e. The van der Waals surface area contributed by atoms with Gasteiger partial charge in [0.15, 0.2) is 0 Å². The summed E-state index contributed by atoms with van der Waals surface area (Å²) in [4.78, 5) is 16.8. The molecule has 0 aliphatic carbocycles. The highest BCUT2D eigenvalue weighted by atomic mass is 19.4. The highest BCUT2D eigenvalue weighted by molar-refractivity contribution is 6.07. The second-order valence-corrected chi connectivity index (χ2v) is 6.37. The molecular formula is C17H20F3N3O2. The van der Waals surface area contributed by atoms with Gasteiger partial charge in [-0.25, -0.2) is 0 Å². The first-order chi connectivity index (χ1) is 11.8. The van der Waals surface area contributed by atoms with Crippen LogP contribution in [-0.2, 0) is 4.74 Å². The number of fused-ring (bicyclic) bond motifs is 1. The summed E-state index contributed by atoms with van der Waals surface area (Å²) in [6.07, 6.45) is -0.277. The zero-order chi connectivity index (χ0) is 18.2. The molecule has 8 heteroatoms. The first kappa shape index (κ1) is 17.7. The minimum Gasteiger partial charge on any atom is -0.381 e. The number of alkyl halides is 3. The van der Waals surface area contributed by atoms with Crippen molar-refractivity contribution in [2.75, 3.05) is 13.2 Å². The minimum absolute atomic E-state index is 0.0295. The third-order valence-electron chi connectivity index (χ3n) is 4.55. The van der Waals surface area contributed by atoms with Gasteiger partial charge >= 0.3 is 6.18 Å². The SMILES string of the molecule is Cc1cc2c(cn1)c(C(=O)NC1CCOCC1)cn2C(C)C(F)(F)F. The van der Waals surface area contributed by atoms with Crippen LogP contribution in [0, 0.1) is 6.92 Å². The number of halogens is 3. The molecule has 0 radical (unpaired) electrons. The summed E-state index contributed by atoms with van der Waals surface area (Å²) in [6.45, 7) is 3.92. The van der Waals surface area contributed by atoms with Crippen LogP contribution in [0.1, 0.15) is 41.9 Å². The van der Waals surface area contributed by atoms with E-state index in [1.807, 2.05) is 0 Å². The van der Waals surface area contributed by atoms with E-state index in [-0.39, 0.29) is 17.5 Å². The number of hydrogen-bond acceptors (Lipinski definition) is 3. The van der Waals surface area contributed by atoms with Gasteiger partial charge in [0.05, 0.1) is 11.1 Å². The van der Waals surface area contributed by atoms with Gasteiger partial charge in [-0.15, -0.1) is 0 Å². The monoisotopic (exact) mass is 355 g/mol. The fourth-order valence-electron chi connectivity index (χ4n) is 3.01. The van der Waals surface area contributed by atoms with E-state index in [1.54, 1.807) is 13.0 Å². The van der Waals surface area contributed by atoms with Crippen molar-refractivity contribution in [2.24, 2.45) is 0 Å². The average Bonchev–Trinajstić information content (AvgIpc) is 2.92. The standard InChI is InChI=1S/C17H20F3N3O2/c1-10-7-15-13(8-21-10)14(9-23(15)11(2)17(18,19)20)16(24)22-12-3-5-25-6-4-12/h7-9,11-12H,3-6H2,1-2H3,(H,22,24). The zero-order valence-corrected chi connectivity index (χ0v) is 14.1. The van der Waals surface area contributed by atoms with E-state index in [4.69, 9.17) is 4.74 Å². The van der Waals surface area contributed by atoms with Crippen LogP contribution in [-0.4, -0.2) is 40.9 Å². The topological polar surface area (TPSA) is 56.1 Å². The van der Waals surface area contributed by atoms with Gasteiger partial charge in [-0.3, -0.25) is 9.78 Å². The molecule has 25 heavy (non-hydrogen) atoms. The second kappa shape index (κ2) is 6.67. The van der Waals surface area contributed by atoms with Crippen molar-refractivity contribution in [1.82, 2.24) is 14.9 Å². The number of aromatic nitrogens is 2. The number of hydrogen-bond donors (Lipinski definition) is 1. The van der Waals surface area contributed by atoms with E-state index in [0.29, 0.717) is 42.7 Å². The van der Waals surface area contributed by atoms with E-state index < -0.39 is 12.2 Å². The number of carbonyl (C=O) groups is 1. The maximum atomic E-state index is 13.2. The highest BCUT2D eigenvalue weighted by Gasteiger charge is 2.38. The maximum Gasteiger partial charge on any atom is 0.408 e. The molecule has 1 aliphatic rings. The number of nitrogens with zero attached hydrogens (tertiary/aromatic N) is 2. The Balaban J connectivity index is 1.99. The molecule has 3 rings (SSSR count). The average molecular weight is 355 g/mol. The summed E-state index contributed by atoms with van der Waals surface area (Å²) in [6, 6.07) is -0.192. The third kappa shape index (κ3) is 3.63. The van der Waals surface area contributed by atoms with Gasteiger partial charge in [0.25, 0.3) is 5.91 Å². The number of carbonyl (C=O) groups excluding carboxylic acids is 1. The predicted molar refractivity (Wildman–Crippen MR) is 86.5 cm³/mol. The van der Waals surface area contributed by atoms with Crippen molar-refractivity contribution in [2.45, 2.75) is 44.9 Å². The molecular weight excluding hydrogens is 335 g/mol. The predicted octanol–water partition coefficient (Wildman–Crippen LogP) is 3.38. The van der Waals surface area contributed by atoms with E-state index >= 15 is 0 Å². The van der Waals surface area contributed by atoms with Gasteiger partial charge in [-0.1, -0.05) is 0 Å². The molecule has 1 atom stereocenters. The lowest BCUT2D eigenvalue weighted by Crippen LogP contribution is -2.38. The zero-order valence-electron chi connectivity index (χ0n) is 14.1.